The van der Waals surface area contributed by atoms with Gasteiger partial charge in [-0.2, -0.15) is 0 Å². The van der Waals surface area contributed by atoms with Crippen molar-refractivity contribution in [2.24, 2.45) is 17.3 Å². The monoisotopic (exact) mass is 615 g/mol. The number of rotatable bonds is 7. The van der Waals surface area contributed by atoms with Crippen molar-refractivity contribution in [1.82, 2.24) is 14.7 Å². The Morgan fingerprint density at radius 2 is 1.56 bits per heavy atom. The van der Waals surface area contributed by atoms with Crippen LogP contribution in [0.3, 0.4) is 0 Å². The Morgan fingerprint density at radius 1 is 0.907 bits per heavy atom. The molecular formula is C34H44ClF2N3O3. The van der Waals surface area contributed by atoms with Crippen LogP contribution in [0, 0.1) is 17.3 Å². The van der Waals surface area contributed by atoms with Gasteiger partial charge >= 0.3 is 0 Å². The molecule has 234 valence electrons. The number of hydrogen-bond donors (Lipinski definition) is 0. The Hall–Kier alpha value is -2.71. The molecule has 3 heterocycles. The van der Waals surface area contributed by atoms with Crippen molar-refractivity contribution < 1.29 is 23.1 Å². The molecule has 0 N–H and O–H groups in total. The molecule has 2 aromatic rings. The largest absolute Gasteiger partial charge is 0.497 e. The van der Waals surface area contributed by atoms with Crippen LogP contribution in [-0.2, 0) is 16.1 Å². The number of halogens is 3. The second-order valence-corrected chi connectivity index (χ2v) is 13.1. The van der Waals surface area contributed by atoms with Gasteiger partial charge in [-0.15, -0.1) is 12.4 Å². The van der Waals surface area contributed by atoms with Gasteiger partial charge in [0.15, 0.2) is 0 Å². The zero-order chi connectivity index (χ0) is 29.3. The lowest BCUT2D eigenvalue weighted by atomic mass is 9.76. The summed E-state index contributed by atoms with van der Waals surface area (Å²) in [5.41, 5.74) is 2.09. The number of nitrogens with zero attached hydrogens (tertiary/aromatic N) is 3. The van der Waals surface area contributed by atoms with Crippen molar-refractivity contribution in [3.8, 4) is 5.75 Å². The van der Waals surface area contributed by atoms with E-state index in [4.69, 9.17) is 4.74 Å². The molecular weight excluding hydrogens is 572 g/mol. The number of likely N-dealkylation sites (tertiary alicyclic amines) is 3. The van der Waals surface area contributed by atoms with E-state index in [-0.39, 0.29) is 73.1 Å². The van der Waals surface area contributed by atoms with Gasteiger partial charge in [-0.25, -0.2) is 8.78 Å². The molecule has 9 heteroatoms. The molecule has 0 unspecified atom stereocenters. The molecule has 1 spiro atoms. The third kappa shape index (κ3) is 6.85. The summed E-state index contributed by atoms with van der Waals surface area (Å²) in [6.07, 6.45) is 2.83. The van der Waals surface area contributed by atoms with Gasteiger partial charge in [-0.1, -0.05) is 42.5 Å². The molecule has 3 saturated heterocycles. The fraction of sp³-hybridized carbons (Fsp3) is 0.588. The van der Waals surface area contributed by atoms with E-state index >= 15 is 0 Å². The van der Waals surface area contributed by atoms with Crippen LogP contribution >= 0.6 is 12.4 Å². The summed E-state index contributed by atoms with van der Waals surface area (Å²) in [5.74, 6) is -1.25. The molecule has 6 nitrogen and oxygen atoms in total. The average molecular weight is 616 g/mol. The maximum atomic E-state index is 13.7. The number of benzene rings is 2. The van der Waals surface area contributed by atoms with E-state index < -0.39 is 5.92 Å². The Labute approximate surface area is 260 Å². The second kappa shape index (κ2) is 13.1. The summed E-state index contributed by atoms with van der Waals surface area (Å²) in [6.45, 7) is 5.40. The van der Waals surface area contributed by atoms with Crippen molar-refractivity contribution in [1.29, 1.82) is 0 Å². The van der Waals surface area contributed by atoms with Crippen LogP contribution < -0.4 is 4.74 Å². The van der Waals surface area contributed by atoms with E-state index in [0.717, 1.165) is 56.8 Å². The maximum absolute atomic E-state index is 13.7. The second-order valence-electron chi connectivity index (χ2n) is 13.1. The van der Waals surface area contributed by atoms with Gasteiger partial charge in [0, 0.05) is 57.4 Å². The van der Waals surface area contributed by atoms with Gasteiger partial charge in [-0.05, 0) is 74.4 Å². The number of carbonyl (C=O) groups is 2. The fourth-order valence-electron chi connectivity index (χ4n) is 7.81. The standard InChI is InChI=1S/C34H43F2N3O3.ClH/c1-42-29-9-7-25(8-10-29)21-38-20-17-33(32(38)41)15-18-37(19-16-33)22-28-23-39(24-30(28)26-5-3-2-4-6-26)31(40)27-11-13-34(35,36)14-12-27;/h2-10,27-28,30H,11-24H2,1H3;1H/t28-,30+;/m0./s1. The molecule has 4 aliphatic rings. The highest BCUT2D eigenvalue weighted by Gasteiger charge is 2.49. The van der Waals surface area contributed by atoms with E-state index in [1.54, 1.807) is 7.11 Å². The molecule has 6 rings (SSSR count). The predicted octanol–water partition coefficient (Wildman–Crippen LogP) is 6.00. The minimum atomic E-state index is -2.63. The van der Waals surface area contributed by atoms with Crippen molar-refractivity contribution in [2.45, 2.75) is 63.3 Å². The number of ether oxygens (including phenoxy) is 1. The summed E-state index contributed by atoms with van der Waals surface area (Å²) in [4.78, 5) is 33.5. The Morgan fingerprint density at radius 3 is 2.21 bits per heavy atom. The van der Waals surface area contributed by atoms with Gasteiger partial charge < -0.3 is 19.4 Å². The van der Waals surface area contributed by atoms with Gasteiger partial charge in [0.25, 0.3) is 0 Å². The van der Waals surface area contributed by atoms with E-state index in [1.807, 2.05) is 52.3 Å². The van der Waals surface area contributed by atoms with E-state index in [9.17, 15) is 18.4 Å². The SMILES string of the molecule is COc1ccc(CN2CCC3(CCN(C[C@H]4CN(C(=O)C5CCC(F)(F)CC5)C[C@@H]4c4ccccc4)CC3)C2=O)cc1.Cl. The summed E-state index contributed by atoms with van der Waals surface area (Å²) < 4.78 is 32.8. The average Bonchev–Trinajstić information content (AvgIpc) is 3.56. The smallest absolute Gasteiger partial charge is 0.248 e. The fourth-order valence-corrected chi connectivity index (χ4v) is 7.81. The van der Waals surface area contributed by atoms with E-state index in [0.29, 0.717) is 19.6 Å². The van der Waals surface area contributed by atoms with Crippen LogP contribution in [0.2, 0.25) is 0 Å². The third-order valence-corrected chi connectivity index (χ3v) is 10.5. The Kier molecular flexibility index (Phi) is 9.67. The van der Waals surface area contributed by atoms with Crippen LogP contribution in [0.15, 0.2) is 54.6 Å². The van der Waals surface area contributed by atoms with Gasteiger partial charge in [0.2, 0.25) is 17.7 Å². The molecule has 1 saturated carbocycles. The first-order valence-electron chi connectivity index (χ1n) is 15.6. The number of carbonyl (C=O) groups excluding carboxylic acids is 2. The Bertz CT molecular complexity index is 1240. The van der Waals surface area contributed by atoms with Crippen molar-refractivity contribution in [2.75, 3.05) is 46.4 Å². The lowest BCUT2D eigenvalue weighted by Gasteiger charge is -2.39. The molecule has 1 aliphatic carbocycles. The molecule has 4 fully saturated rings. The highest BCUT2D eigenvalue weighted by Crippen LogP contribution is 2.44. The lowest BCUT2D eigenvalue weighted by Crippen LogP contribution is -2.46. The number of hydrogen-bond acceptors (Lipinski definition) is 4. The lowest BCUT2D eigenvalue weighted by molar-refractivity contribution is -0.140. The first-order chi connectivity index (χ1) is 20.2. The minimum absolute atomic E-state index is 0. The van der Waals surface area contributed by atoms with Crippen molar-refractivity contribution >= 4 is 24.2 Å². The van der Waals surface area contributed by atoms with Crippen LogP contribution in [0.1, 0.15) is 62.0 Å². The van der Waals surface area contributed by atoms with E-state index in [1.165, 1.54) is 5.56 Å². The van der Waals surface area contributed by atoms with Crippen LogP contribution in [-0.4, -0.2) is 78.8 Å². The van der Waals surface area contributed by atoms with Crippen LogP contribution in [0.25, 0.3) is 0 Å². The number of amides is 2. The topological polar surface area (TPSA) is 53.1 Å². The van der Waals surface area contributed by atoms with E-state index in [2.05, 4.69) is 17.0 Å². The molecule has 2 atom stereocenters. The zero-order valence-corrected chi connectivity index (χ0v) is 25.9. The normalized spacial score (nSPS) is 25.6. The zero-order valence-electron chi connectivity index (χ0n) is 25.1. The third-order valence-electron chi connectivity index (χ3n) is 10.5. The van der Waals surface area contributed by atoms with Crippen LogP contribution in [0.4, 0.5) is 8.78 Å². The van der Waals surface area contributed by atoms with Gasteiger partial charge in [0.05, 0.1) is 12.5 Å². The molecule has 2 aromatic carbocycles. The first kappa shape index (κ1) is 31.7. The molecule has 2 amide bonds. The molecule has 0 radical (unpaired) electrons. The van der Waals surface area contributed by atoms with Gasteiger partial charge in [0.1, 0.15) is 5.75 Å². The molecule has 0 aromatic heterocycles. The molecule has 43 heavy (non-hydrogen) atoms. The molecule has 0 bridgehead atoms. The Balaban J connectivity index is 0.00000368. The summed E-state index contributed by atoms with van der Waals surface area (Å²) in [6, 6.07) is 18.3. The summed E-state index contributed by atoms with van der Waals surface area (Å²) >= 11 is 0. The van der Waals surface area contributed by atoms with Gasteiger partial charge in [-0.3, -0.25) is 9.59 Å². The van der Waals surface area contributed by atoms with Crippen molar-refractivity contribution in [3.05, 3.63) is 65.7 Å². The number of alkyl halides is 2. The first-order valence-corrected chi connectivity index (χ1v) is 15.6. The highest BCUT2D eigenvalue weighted by molar-refractivity contribution is 5.85. The summed E-state index contributed by atoms with van der Waals surface area (Å²) in [7, 11) is 1.66. The summed E-state index contributed by atoms with van der Waals surface area (Å²) in [5, 5.41) is 0. The quantitative estimate of drug-likeness (QED) is 0.384. The maximum Gasteiger partial charge on any atom is 0.248 e. The minimum Gasteiger partial charge on any atom is -0.497 e. The number of methoxy groups -OCH3 is 1. The van der Waals surface area contributed by atoms with Crippen molar-refractivity contribution in [3.63, 3.8) is 0 Å². The number of piperidine rings is 1. The van der Waals surface area contributed by atoms with Crippen LogP contribution in [0.5, 0.6) is 5.75 Å². The highest BCUT2D eigenvalue weighted by atomic mass is 35.5. The predicted molar refractivity (Wildman–Crippen MR) is 165 cm³/mol. The molecule has 3 aliphatic heterocycles.